The Balaban J connectivity index is 1.77. The Kier molecular flexibility index (Phi) is 3.84. The van der Waals surface area contributed by atoms with Crippen LogP contribution in [-0.4, -0.2) is 19.9 Å². The SMILES string of the molecule is Clc1nc(NCc2ccccc2)c2c(-c3ccncc3)c[nH]c2n1. The number of halogens is 1. The van der Waals surface area contributed by atoms with Gasteiger partial charge in [0.05, 0.1) is 5.39 Å². The number of aromatic amines is 1. The molecule has 5 nitrogen and oxygen atoms in total. The Bertz CT molecular complexity index is 967. The average Bonchev–Trinajstić information content (AvgIpc) is 3.05. The Morgan fingerprint density at radius 1 is 1.00 bits per heavy atom. The van der Waals surface area contributed by atoms with E-state index < -0.39 is 0 Å². The zero-order valence-electron chi connectivity index (χ0n) is 12.7. The van der Waals surface area contributed by atoms with Crippen LogP contribution in [0.2, 0.25) is 5.28 Å². The van der Waals surface area contributed by atoms with Crippen LogP contribution in [0.3, 0.4) is 0 Å². The summed E-state index contributed by atoms with van der Waals surface area (Å²) < 4.78 is 0. The molecule has 4 aromatic rings. The first-order chi connectivity index (χ1) is 11.8. The molecular formula is C18H14ClN5. The normalized spacial score (nSPS) is 10.9. The van der Waals surface area contributed by atoms with Gasteiger partial charge in [-0.05, 0) is 34.9 Å². The lowest BCUT2D eigenvalue weighted by Crippen LogP contribution is -2.03. The summed E-state index contributed by atoms with van der Waals surface area (Å²) in [5.41, 5.74) is 3.93. The number of anilines is 1. The first-order valence-electron chi connectivity index (χ1n) is 7.54. The summed E-state index contributed by atoms with van der Waals surface area (Å²) in [6.07, 6.45) is 5.45. The van der Waals surface area contributed by atoms with Crippen molar-refractivity contribution in [1.29, 1.82) is 0 Å². The maximum atomic E-state index is 6.07. The fraction of sp³-hybridized carbons (Fsp3) is 0.0556. The van der Waals surface area contributed by atoms with Gasteiger partial charge in [-0.2, -0.15) is 4.98 Å². The van der Waals surface area contributed by atoms with E-state index >= 15 is 0 Å². The molecule has 2 N–H and O–H groups in total. The molecular weight excluding hydrogens is 322 g/mol. The molecule has 0 saturated carbocycles. The zero-order chi connectivity index (χ0) is 16.4. The largest absolute Gasteiger partial charge is 0.365 e. The molecule has 1 aromatic carbocycles. The maximum absolute atomic E-state index is 6.07. The quantitative estimate of drug-likeness (QED) is 0.546. The van der Waals surface area contributed by atoms with Crippen LogP contribution in [0, 0.1) is 0 Å². The number of fused-ring (bicyclic) bond motifs is 1. The van der Waals surface area contributed by atoms with E-state index in [1.165, 1.54) is 5.56 Å². The van der Waals surface area contributed by atoms with Crippen molar-refractivity contribution in [3.05, 3.63) is 71.9 Å². The lowest BCUT2D eigenvalue weighted by Gasteiger charge is -2.09. The second-order valence-electron chi connectivity index (χ2n) is 5.34. The summed E-state index contributed by atoms with van der Waals surface area (Å²) in [7, 11) is 0. The highest BCUT2D eigenvalue weighted by Gasteiger charge is 2.14. The highest BCUT2D eigenvalue weighted by atomic mass is 35.5. The van der Waals surface area contributed by atoms with Crippen molar-refractivity contribution in [2.45, 2.75) is 6.54 Å². The summed E-state index contributed by atoms with van der Waals surface area (Å²) in [5.74, 6) is 0.710. The number of nitrogens with one attached hydrogen (secondary N) is 2. The van der Waals surface area contributed by atoms with E-state index in [4.69, 9.17) is 11.6 Å². The summed E-state index contributed by atoms with van der Waals surface area (Å²) in [6.45, 7) is 0.657. The molecule has 118 valence electrons. The fourth-order valence-corrected chi connectivity index (χ4v) is 2.84. The molecule has 3 heterocycles. The predicted molar refractivity (Wildman–Crippen MR) is 95.9 cm³/mol. The van der Waals surface area contributed by atoms with Gasteiger partial charge in [-0.25, -0.2) is 4.98 Å². The van der Waals surface area contributed by atoms with Crippen LogP contribution in [0.1, 0.15) is 5.56 Å². The van der Waals surface area contributed by atoms with Gasteiger partial charge in [-0.1, -0.05) is 30.3 Å². The topological polar surface area (TPSA) is 66.5 Å². The summed E-state index contributed by atoms with van der Waals surface area (Å²) in [5, 5.41) is 4.50. The maximum Gasteiger partial charge on any atom is 0.226 e. The molecule has 0 spiro atoms. The van der Waals surface area contributed by atoms with Gasteiger partial charge in [-0.15, -0.1) is 0 Å². The first-order valence-corrected chi connectivity index (χ1v) is 7.92. The number of pyridine rings is 1. The third-order valence-electron chi connectivity index (χ3n) is 3.80. The fourth-order valence-electron chi connectivity index (χ4n) is 2.67. The monoisotopic (exact) mass is 335 g/mol. The predicted octanol–water partition coefficient (Wildman–Crippen LogP) is 4.29. The Labute approximate surface area is 143 Å². The number of aromatic nitrogens is 4. The van der Waals surface area contributed by atoms with Crippen LogP contribution in [0.15, 0.2) is 61.1 Å². The second kappa shape index (κ2) is 6.29. The van der Waals surface area contributed by atoms with Crippen LogP contribution < -0.4 is 5.32 Å². The molecule has 0 aliphatic carbocycles. The van der Waals surface area contributed by atoms with Gasteiger partial charge in [0, 0.05) is 30.7 Å². The molecule has 6 heteroatoms. The molecule has 0 fully saturated rings. The Morgan fingerprint density at radius 2 is 1.79 bits per heavy atom. The number of hydrogen-bond donors (Lipinski definition) is 2. The van der Waals surface area contributed by atoms with E-state index in [1.54, 1.807) is 12.4 Å². The molecule has 0 bridgehead atoms. The molecule has 0 saturated heterocycles. The number of rotatable bonds is 4. The van der Waals surface area contributed by atoms with Crippen LogP contribution in [0.5, 0.6) is 0 Å². The van der Waals surface area contributed by atoms with Crippen molar-refractivity contribution >= 4 is 28.5 Å². The smallest absolute Gasteiger partial charge is 0.226 e. The minimum Gasteiger partial charge on any atom is -0.365 e. The Hall–Kier alpha value is -2.92. The number of H-pyrrole nitrogens is 1. The molecule has 0 amide bonds. The van der Waals surface area contributed by atoms with E-state index in [0.717, 1.165) is 16.5 Å². The number of hydrogen-bond acceptors (Lipinski definition) is 4. The van der Waals surface area contributed by atoms with Crippen LogP contribution in [0.25, 0.3) is 22.2 Å². The summed E-state index contributed by atoms with van der Waals surface area (Å²) in [4.78, 5) is 15.9. The first kappa shape index (κ1) is 14.7. The van der Waals surface area contributed by atoms with E-state index in [9.17, 15) is 0 Å². The van der Waals surface area contributed by atoms with Crippen molar-refractivity contribution in [3.63, 3.8) is 0 Å². The molecule has 3 aromatic heterocycles. The van der Waals surface area contributed by atoms with Crippen molar-refractivity contribution in [3.8, 4) is 11.1 Å². The van der Waals surface area contributed by atoms with E-state index in [1.807, 2.05) is 36.5 Å². The molecule has 0 atom stereocenters. The van der Waals surface area contributed by atoms with Gasteiger partial charge >= 0.3 is 0 Å². The molecule has 4 rings (SSSR count). The third-order valence-corrected chi connectivity index (χ3v) is 3.97. The minimum absolute atomic E-state index is 0.209. The van der Waals surface area contributed by atoms with Crippen molar-refractivity contribution in [2.75, 3.05) is 5.32 Å². The second-order valence-corrected chi connectivity index (χ2v) is 5.68. The summed E-state index contributed by atoms with van der Waals surface area (Å²) >= 11 is 6.07. The highest BCUT2D eigenvalue weighted by molar-refractivity contribution is 6.29. The average molecular weight is 336 g/mol. The zero-order valence-corrected chi connectivity index (χ0v) is 13.5. The van der Waals surface area contributed by atoms with Crippen LogP contribution in [0.4, 0.5) is 5.82 Å². The van der Waals surface area contributed by atoms with Gasteiger partial charge in [-0.3, -0.25) is 4.98 Å². The molecule has 0 aliphatic heterocycles. The van der Waals surface area contributed by atoms with E-state index in [0.29, 0.717) is 18.0 Å². The van der Waals surface area contributed by atoms with Gasteiger partial charge in [0.25, 0.3) is 0 Å². The van der Waals surface area contributed by atoms with Crippen molar-refractivity contribution in [2.24, 2.45) is 0 Å². The van der Waals surface area contributed by atoms with Crippen LogP contribution in [-0.2, 0) is 6.54 Å². The molecule has 0 aliphatic rings. The lowest BCUT2D eigenvalue weighted by molar-refractivity contribution is 1.10. The van der Waals surface area contributed by atoms with Gasteiger partial charge < -0.3 is 10.3 Å². The number of nitrogens with zero attached hydrogens (tertiary/aromatic N) is 3. The molecule has 24 heavy (non-hydrogen) atoms. The number of benzene rings is 1. The van der Waals surface area contributed by atoms with E-state index in [2.05, 4.69) is 37.4 Å². The van der Waals surface area contributed by atoms with Gasteiger partial charge in [0.1, 0.15) is 11.5 Å². The third kappa shape index (κ3) is 2.81. The Morgan fingerprint density at radius 3 is 2.58 bits per heavy atom. The van der Waals surface area contributed by atoms with Crippen molar-refractivity contribution < 1.29 is 0 Å². The van der Waals surface area contributed by atoms with Gasteiger partial charge in [0.15, 0.2) is 0 Å². The standard InChI is InChI=1S/C18H14ClN5/c19-18-23-16(21-10-12-4-2-1-3-5-12)15-14(11-22-17(15)24-18)13-6-8-20-9-7-13/h1-9,11H,10H2,(H2,21,22,23,24). The molecule has 0 unspecified atom stereocenters. The minimum atomic E-state index is 0.209. The highest BCUT2D eigenvalue weighted by Crippen LogP contribution is 2.32. The van der Waals surface area contributed by atoms with E-state index in [-0.39, 0.29) is 5.28 Å². The lowest BCUT2D eigenvalue weighted by atomic mass is 10.1. The van der Waals surface area contributed by atoms with Crippen LogP contribution >= 0.6 is 11.6 Å². The molecule has 0 radical (unpaired) electrons. The van der Waals surface area contributed by atoms with Gasteiger partial charge in [0.2, 0.25) is 5.28 Å². The van der Waals surface area contributed by atoms with Crippen molar-refractivity contribution in [1.82, 2.24) is 19.9 Å². The summed E-state index contributed by atoms with van der Waals surface area (Å²) in [6, 6.07) is 14.1.